The Balaban J connectivity index is 2.83. The van der Waals surface area contributed by atoms with Crippen LogP contribution in [0, 0.1) is 5.21 Å². The zero-order chi connectivity index (χ0) is 20.6. The molecule has 27 heavy (non-hydrogen) atoms. The van der Waals surface area contributed by atoms with Crippen molar-refractivity contribution in [1.29, 1.82) is 0 Å². The van der Waals surface area contributed by atoms with Crippen LogP contribution in [0.5, 0.6) is 0 Å². The highest BCUT2D eigenvalue weighted by Crippen LogP contribution is 2.18. The van der Waals surface area contributed by atoms with Gasteiger partial charge in [0.15, 0.2) is 11.6 Å². The van der Waals surface area contributed by atoms with Crippen LogP contribution in [-0.2, 0) is 4.79 Å². The fourth-order valence-corrected chi connectivity index (χ4v) is 2.22. The van der Waals surface area contributed by atoms with Crippen molar-refractivity contribution in [3.8, 4) is 0 Å². The number of benzene rings is 1. The van der Waals surface area contributed by atoms with Gasteiger partial charge in [0.1, 0.15) is 5.56 Å². The fraction of sp³-hybridized carbons (Fsp3) is 0.438. The monoisotopic (exact) mass is 381 g/mol. The number of hydrogen-bond donors (Lipinski definition) is 7. The number of hydrogen-bond acceptors (Lipinski definition) is 6. The van der Waals surface area contributed by atoms with E-state index in [1.807, 2.05) is 0 Å². The number of carbonyl (C=O) groups is 2. The number of anilines is 1. The zero-order valence-corrected chi connectivity index (χ0v) is 15.4. The van der Waals surface area contributed by atoms with Gasteiger partial charge >= 0.3 is 0 Å². The van der Waals surface area contributed by atoms with E-state index in [9.17, 15) is 20.0 Å². The molecular weight excluding hydrogens is 354 g/mol. The van der Waals surface area contributed by atoms with Crippen LogP contribution in [0.1, 0.15) is 37.0 Å². The Hall–Kier alpha value is -2.73. The number of carbonyl (C=O) groups excluding carboxylic acids is 2. The van der Waals surface area contributed by atoms with Crippen LogP contribution in [0.2, 0.25) is 0 Å². The van der Waals surface area contributed by atoms with Crippen molar-refractivity contribution in [2.45, 2.75) is 38.8 Å². The summed E-state index contributed by atoms with van der Waals surface area (Å²) in [6, 6.07) is 3.00. The van der Waals surface area contributed by atoms with Crippen molar-refractivity contribution in [2.24, 2.45) is 22.2 Å². The molecule has 0 saturated heterocycles. The molecule has 11 heteroatoms. The van der Waals surface area contributed by atoms with Crippen LogP contribution in [0.3, 0.4) is 0 Å². The predicted molar refractivity (Wildman–Crippen MR) is 101 cm³/mol. The van der Waals surface area contributed by atoms with Gasteiger partial charge in [0, 0.05) is 24.3 Å². The average Bonchev–Trinajstić information content (AvgIpc) is 2.57. The minimum Gasteiger partial charge on any atom is -0.595 e. The van der Waals surface area contributed by atoms with Crippen LogP contribution in [-0.4, -0.2) is 41.6 Å². The minimum absolute atomic E-state index is 0.0289. The Labute approximate surface area is 157 Å². The quantitative estimate of drug-likeness (QED) is 0.117. The van der Waals surface area contributed by atoms with Crippen molar-refractivity contribution in [1.82, 2.24) is 5.32 Å². The number of nitrogens with two attached hydrogens (primary N) is 3. The van der Waals surface area contributed by atoms with E-state index >= 15 is 0 Å². The summed E-state index contributed by atoms with van der Waals surface area (Å²) in [4.78, 5) is 28.2. The molecule has 1 aromatic carbocycles. The molecule has 0 aliphatic rings. The summed E-state index contributed by atoms with van der Waals surface area (Å²) >= 11 is 0. The number of aliphatic imine (C=N–C) groups is 1. The van der Waals surface area contributed by atoms with Gasteiger partial charge in [-0.25, -0.2) is 5.21 Å². The van der Waals surface area contributed by atoms with E-state index < -0.39 is 23.1 Å². The number of quaternary nitrogens is 1. The van der Waals surface area contributed by atoms with Crippen LogP contribution >= 0.6 is 0 Å². The van der Waals surface area contributed by atoms with Gasteiger partial charge in [0.25, 0.3) is 5.91 Å². The van der Waals surface area contributed by atoms with E-state index in [-0.39, 0.29) is 28.9 Å². The summed E-state index contributed by atoms with van der Waals surface area (Å²) < 4.78 is 0. The molecule has 0 aliphatic carbocycles. The van der Waals surface area contributed by atoms with Gasteiger partial charge in [-0.2, -0.15) is 5.23 Å². The van der Waals surface area contributed by atoms with E-state index in [0.29, 0.717) is 19.4 Å². The summed E-state index contributed by atoms with van der Waals surface area (Å²) in [6.07, 6.45) is 0.878. The van der Waals surface area contributed by atoms with E-state index in [1.54, 1.807) is 13.8 Å². The van der Waals surface area contributed by atoms with Gasteiger partial charge in [0.2, 0.25) is 5.91 Å². The summed E-state index contributed by atoms with van der Waals surface area (Å²) in [7, 11) is 0. The summed E-state index contributed by atoms with van der Waals surface area (Å²) in [6.45, 7) is 3.87. The lowest BCUT2D eigenvalue weighted by Crippen LogP contribution is -2.99. The van der Waals surface area contributed by atoms with Gasteiger partial charge in [0.05, 0.1) is 6.04 Å². The largest absolute Gasteiger partial charge is 0.595 e. The highest BCUT2D eigenvalue weighted by Gasteiger charge is 2.20. The molecule has 0 saturated carbocycles. The SMILES string of the molecule is CC(C)NC(=O)c1cc(NC(=O)[C@H](N)CCCN=C(N)N)ccc1[NH+]([O-])O. The van der Waals surface area contributed by atoms with Crippen LogP contribution in [0.15, 0.2) is 23.2 Å². The number of rotatable bonds is 9. The topological polar surface area (TPSA) is 196 Å². The van der Waals surface area contributed by atoms with Crippen LogP contribution in [0.4, 0.5) is 11.4 Å². The average molecular weight is 381 g/mol. The number of nitrogens with zero attached hydrogens (tertiary/aromatic N) is 1. The molecule has 0 aliphatic heterocycles. The summed E-state index contributed by atoms with van der Waals surface area (Å²) in [5.74, 6) is -1.03. The third-order valence-corrected chi connectivity index (χ3v) is 3.49. The molecule has 2 amide bonds. The maximum Gasteiger partial charge on any atom is 0.257 e. The van der Waals surface area contributed by atoms with Crippen LogP contribution < -0.4 is 33.1 Å². The standard InChI is InChI=1S/C16H27N7O4/c1-9(2)21-14(24)11-8-10(5-6-13(11)23(26)27)22-15(25)12(17)4-3-7-20-16(18)19/h5-6,8-9,12,23,26H,3-4,7,17H2,1-2H3,(H,21,24)(H,22,25)(H4,18,19,20)/t12-/m1/s1. The van der Waals surface area contributed by atoms with Crippen molar-refractivity contribution in [3.63, 3.8) is 0 Å². The van der Waals surface area contributed by atoms with Crippen molar-refractivity contribution in [2.75, 3.05) is 11.9 Å². The van der Waals surface area contributed by atoms with Crippen LogP contribution in [0.25, 0.3) is 0 Å². The van der Waals surface area contributed by atoms with Crippen molar-refractivity contribution in [3.05, 3.63) is 29.0 Å². The van der Waals surface area contributed by atoms with E-state index in [4.69, 9.17) is 17.2 Å². The first kappa shape index (κ1) is 22.3. The Morgan fingerprint density at radius 3 is 2.56 bits per heavy atom. The lowest BCUT2D eigenvalue weighted by atomic mass is 10.1. The molecule has 0 aromatic heterocycles. The molecule has 1 rings (SSSR count). The molecule has 0 heterocycles. The lowest BCUT2D eigenvalue weighted by Gasteiger charge is -2.18. The third kappa shape index (κ3) is 7.58. The second kappa shape index (κ2) is 10.4. The Bertz CT molecular complexity index is 687. The minimum atomic E-state index is -1.24. The molecule has 0 spiro atoms. The van der Waals surface area contributed by atoms with E-state index in [1.165, 1.54) is 18.2 Å². The van der Waals surface area contributed by atoms with Gasteiger partial charge in [-0.1, -0.05) is 0 Å². The van der Waals surface area contributed by atoms with Gasteiger partial charge in [-0.15, -0.1) is 0 Å². The zero-order valence-electron chi connectivity index (χ0n) is 15.4. The second-order valence-electron chi connectivity index (χ2n) is 6.24. The Morgan fingerprint density at radius 1 is 1.33 bits per heavy atom. The van der Waals surface area contributed by atoms with Crippen molar-refractivity contribution < 1.29 is 20.0 Å². The molecule has 1 aromatic rings. The fourth-order valence-electron chi connectivity index (χ4n) is 2.22. The Morgan fingerprint density at radius 2 is 2.00 bits per heavy atom. The first-order valence-electron chi connectivity index (χ1n) is 8.41. The summed E-state index contributed by atoms with van der Waals surface area (Å²) in [5, 5.41) is 24.6. The maximum absolute atomic E-state index is 12.2. The van der Waals surface area contributed by atoms with E-state index in [0.717, 1.165) is 0 Å². The molecule has 11 nitrogen and oxygen atoms in total. The molecule has 2 atom stereocenters. The van der Waals surface area contributed by atoms with Gasteiger partial charge in [-0.05, 0) is 38.8 Å². The van der Waals surface area contributed by atoms with Gasteiger partial charge < -0.3 is 33.0 Å². The Kier molecular flexibility index (Phi) is 8.62. The molecular formula is C16H27N7O4. The first-order valence-corrected chi connectivity index (χ1v) is 8.41. The maximum atomic E-state index is 12.2. The molecule has 0 radical (unpaired) electrons. The smallest absolute Gasteiger partial charge is 0.257 e. The highest BCUT2D eigenvalue weighted by molar-refractivity contribution is 6.01. The first-order chi connectivity index (χ1) is 12.6. The normalized spacial score (nSPS) is 13.0. The number of amides is 2. The van der Waals surface area contributed by atoms with Crippen molar-refractivity contribution >= 4 is 29.1 Å². The second-order valence-corrected chi connectivity index (χ2v) is 6.24. The summed E-state index contributed by atoms with van der Waals surface area (Å²) in [5.41, 5.74) is 16.3. The molecule has 0 fully saturated rings. The molecule has 150 valence electrons. The number of nitrogens with one attached hydrogen (secondary N) is 3. The lowest BCUT2D eigenvalue weighted by molar-refractivity contribution is -0.991. The third-order valence-electron chi connectivity index (χ3n) is 3.49. The highest BCUT2D eigenvalue weighted by atomic mass is 16.8. The number of guanidine groups is 1. The van der Waals surface area contributed by atoms with Gasteiger partial charge in [-0.3, -0.25) is 14.6 Å². The molecule has 10 N–H and O–H groups in total. The predicted octanol–water partition coefficient (Wildman–Crippen LogP) is -1.45. The molecule has 0 bridgehead atoms. The van der Waals surface area contributed by atoms with E-state index in [2.05, 4.69) is 15.6 Å². The molecule has 1 unspecified atom stereocenters.